The number of benzene rings is 1. The van der Waals surface area contributed by atoms with Crippen molar-refractivity contribution in [3.05, 3.63) is 34.9 Å². The van der Waals surface area contributed by atoms with E-state index in [0.717, 1.165) is 42.5 Å². The van der Waals surface area contributed by atoms with Gasteiger partial charge in [0.25, 0.3) is 5.91 Å². The number of hydrogen-bond acceptors (Lipinski definition) is 3. The molecule has 3 heterocycles. The fraction of sp³-hybridized carbons (Fsp3) is 0.640. The van der Waals surface area contributed by atoms with Crippen molar-refractivity contribution in [2.75, 3.05) is 53.4 Å². The smallest absolute Gasteiger partial charge is 0.319 e. The summed E-state index contributed by atoms with van der Waals surface area (Å²) in [4.78, 5) is 47.0. The summed E-state index contributed by atoms with van der Waals surface area (Å²) in [6.07, 6.45) is 2.30. The molecule has 2 spiro atoms. The van der Waals surface area contributed by atoms with Crippen LogP contribution < -0.4 is 0 Å². The van der Waals surface area contributed by atoms with Gasteiger partial charge in [0.05, 0.1) is 5.41 Å². The minimum absolute atomic E-state index is 0.0299. The van der Waals surface area contributed by atoms with E-state index in [2.05, 4.69) is 6.07 Å². The maximum Gasteiger partial charge on any atom is 0.319 e. The zero-order valence-electron chi connectivity index (χ0n) is 20.1. The highest BCUT2D eigenvalue weighted by Gasteiger charge is 2.66. The summed E-state index contributed by atoms with van der Waals surface area (Å²) in [5, 5.41) is 0. The molecular formula is C25H36N4O3. The molecule has 3 aliphatic heterocycles. The van der Waals surface area contributed by atoms with E-state index >= 15 is 0 Å². The first-order chi connectivity index (χ1) is 15.1. The number of carbonyl (C=O) groups is 3. The van der Waals surface area contributed by atoms with Crippen LogP contribution in [0.3, 0.4) is 0 Å². The molecule has 7 nitrogen and oxygen atoms in total. The first kappa shape index (κ1) is 22.6. The van der Waals surface area contributed by atoms with Gasteiger partial charge in [-0.25, -0.2) is 4.79 Å². The van der Waals surface area contributed by atoms with Crippen molar-refractivity contribution in [3.8, 4) is 0 Å². The molecule has 4 amide bonds. The number of carbonyl (C=O) groups excluding carboxylic acids is 3. The van der Waals surface area contributed by atoms with E-state index in [0.29, 0.717) is 32.7 Å². The van der Waals surface area contributed by atoms with Gasteiger partial charge in [0.2, 0.25) is 5.91 Å². The zero-order valence-corrected chi connectivity index (χ0v) is 20.1. The van der Waals surface area contributed by atoms with Crippen molar-refractivity contribution in [1.29, 1.82) is 0 Å². The van der Waals surface area contributed by atoms with E-state index in [1.54, 1.807) is 19.0 Å². The molecule has 32 heavy (non-hydrogen) atoms. The first-order valence-electron chi connectivity index (χ1n) is 11.8. The number of aryl methyl sites for hydroxylation is 2. The Morgan fingerprint density at radius 2 is 1.56 bits per heavy atom. The average Bonchev–Trinajstić information content (AvgIpc) is 3.25. The number of amides is 4. The molecule has 3 aliphatic rings. The van der Waals surface area contributed by atoms with Gasteiger partial charge in [-0.05, 0) is 52.2 Å². The number of rotatable bonds is 2. The largest absolute Gasteiger partial charge is 0.342 e. The minimum atomic E-state index is -0.524. The lowest BCUT2D eigenvalue weighted by Gasteiger charge is -2.46. The molecule has 0 radical (unpaired) electrons. The standard InChI is InChI=1S/C25H36N4O3/c1-6-27-12-9-25(22(27)31)17-29(23(32)26(4)5)16-24(25)7-10-28(11-8-24)21(30)20-14-18(2)13-19(3)15-20/h13-15H,6-12,16-17H2,1-5H3/t25-/m1/s1. The highest BCUT2D eigenvalue weighted by molar-refractivity contribution is 5.95. The molecule has 1 atom stereocenters. The molecule has 0 aromatic heterocycles. The topological polar surface area (TPSA) is 64.2 Å². The number of likely N-dealkylation sites (tertiary alicyclic amines) is 3. The van der Waals surface area contributed by atoms with Crippen LogP contribution in [0.2, 0.25) is 0 Å². The van der Waals surface area contributed by atoms with Crippen molar-refractivity contribution in [2.45, 2.75) is 40.0 Å². The van der Waals surface area contributed by atoms with Gasteiger partial charge in [-0.3, -0.25) is 9.59 Å². The van der Waals surface area contributed by atoms with Crippen LogP contribution in [0.1, 0.15) is 47.7 Å². The predicted octanol–water partition coefficient (Wildman–Crippen LogP) is 2.76. The van der Waals surface area contributed by atoms with Gasteiger partial charge in [0, 0.05) is 64.3 Å². The first-order valence-corrected chi connectivity index (χ1v) is 11.8. The normalized spacial score (nSPS) is 24.7. The van der Waals surface area contributed by atoms with E-state index < -0.39 is 5.41 Å². The molecule has 0 aliphatic carbocycles. The Labute approximate surface area is 191 Å². The third-order valence-electron chi connectivity index (χ3n) is 7.99. The van der Waals surface area contributed by atoms with Gasteiger partial charge in [-0.2, -0.15) is 0 Å². The summed E-state index contributed by atoms with van der Waals surface area (Å²) >= 11 is 0. The third kappa shape index (κ3) is 3.46. The number of fused-ring (bicyclic) bond motifs is 1. The Kier molecular flexibility index (Phi) is 5.72. The molecule has 4 rings (SSSR count). The second-order valence-electron chi connectivity index (χ2n) is 10.2. The Morgan fingerprint density at radius 3 is 2.09 bits per heavy atom. The number of hydrogen-bond donors (Lipinski definition) is 0. The summed E-state index contributed by atoms with van der Waals surface area (Å²) in [7, 11) is 3.53. The molecule has 0 saturated carbocycles. The lowest BCUT2D eigenvalue weighted by Crippen LogP contribution is -2.53. The third-order valence-corrected chi connectivity index (χ3v) is 7.99. The van der Waals surface area contributed by atoms with Crippen LogP contribution >= 0.6 is 0 Å². The lowest BCUT2D eigenvalue weighted by molar-refractivity contribution is -0.141. The number of urea groups is 1. The Balaban J connectivity index is 1.58. The lowest BCUT2D eigenvalue weighted by atomic mass is 9.60. The van der Waals surface area contributed by atoms with Crippen LogP contribution in [0.5, 0.6) is 0 Å². The van der Waals surface area contributed by atoms with Crippen LogP contribution in [-0.4, -0.2) is 90.8 Å². The average molecular weight is 441 g/mol. The van der Waals surface area contributed by atoms with Gasteiger partial charge in [-0.15, -0.1) is 0 Å². The summed E-state index contributed by atoms with van der Waals surface area (Å²) in [6, 6.07) is 5.95. The molecule has 1 aromatic rings. The second kappa shape index (κ2) is 8.09. The van der Waals surface area contributed by atoms with Gasteiger partial charge in [0.15, 0.2) is 0 Å². The molecule has 0 unspecified atom stereocenters. The molecule has 7 heteroatoms. The predicted molar refractivity (Wildman–Crippen MR) is 123 cm³/mol. The molecule has 174 valence electrons. The summed E-state index contributed by atoms with van der Waals surface area (Å²) in [6.45, 7) is 9.84. The highest BCUT2D eigenvalue weighted by Crippen LogP contribution is 2.58. The summed E-state index contributed by atoms with van der Waals surface area (Å²) in [5.41, 5.74) is 2.12. The monoisotopic (exact) mass is 440 g/mol. The Hall–Kier alpha value is -2.57. The fourth-order valence-electron chi connectivity index (χ4n) is 6.32. The number of nitrogens with zero attached hydrogens (tertiary/aromatic N) is 4. The van der Waals surface area contributed by atoms with Gasteiger partial charge < -0.3 is 19.6 Å². The summed E-state index contributed by atoms with van der Waals surface area (Å²) < 4.78 is 0. The van der Waals surface area contributed by atoms with Crippen LogP contribution in [-0.2, 0) is 4.79 Å². The van der Waals surface area contributed by atoms with E-state index in [9.17, 15) is 14.4 Å². The zero-order chi connectivity index (χ0) is 23.3. The van der Waals surface area contributed by atoms with Crippen LogP contribution in [0, 0.1) is 24.7 Å². The van der Waals surface area contributed by atoms with Crippen molar-refractivity contribution in [1.82, 2.24) is 19.6 Å². The van der Waals surface area contributed by atoms with Crippen LogP contribution in [0.4, 0.5) is 4.79 Å². The van der Waals surface area contributed by atoms with Crippen molar-refractivity contribution < 1.29 is 14.4 Å². The van der Waals surface area contributed by atoms with Gasteiger partial charge >= 0.3 is 6.03 Å². The van der Waals surface area contributed by atoms with E-state index in [1.165, 1.54) is 0 Å². The molecule has 3 saturated heterocycles. The SMILES string of the molecule is CCN1CC[C@@]2(CN(C(=O)N(C)C)CC23CCN(C(=O)c2cc(C)cc(C)c2)CC3)C1=O. The highest BCUT2D eigenvalue weighted by atomic mass is 16.2. The van der Waals surface area contributed by atoms with Crippen LogP contribution in [0.15, 0.2) is 18.2 Å². The maximum absolute atomic E-state index is 13.6. The summed E-state index contributed by atoms with van der Waals surface area (Å²) in [5.74, 6) is 0.260. The van der Waals surface area contributed by atoms with Crippen molar-refractivity contribution >= 4 is 17.8 Å². The van der Waals surface area contributed by atoms with Crippen molar-refractivity contribution in [2.24, 2.45) is 10.8 Å². The minimum Gasteiger partial charge on any atom is -0.342 e. The van der Waals surface area contributed by atoms with E-state index in [-0.39, 0.29) is 23.3 Å². The molecule has 1 aromatic carbocycles. The number of piperidine rings is 1. The van der Waals surface area contributed by atoms with Crippen molar-refractivity contribution in [3.63, 3.8) is 0 Å². The molecule has 3 fully saturated rings. The molecule has 0 bridgehead atoms. The van der Waals surface area contributed by atoms with Crippen LogP contribution in [0.25, 0.3) is 0 Å². The molecule has 0 N–H and O–H groups in total. The van der Waals surface area contributed by atoms with Gasteiger partial charge in [-0.1, -0.05) is 17.2 Å². The fourth-order valence-corrected chi connectivity index (χ4v) is 6.32. The molecular weight excluding hydrogens is 404 g/mol. The Morgan fingerprint density at radius 1 is 0.938 bits per heavy atom. The second-order valence-corrected chi connectivity index (χ2v) is 10.2. The maximum atomic E-state index is 13.6. The van der Waals surface area contributed by atoms with Gasteiger partial charge in [0.1, 0.15) is 0 Å². The van der Waals surface area contributed by atoms with E-state index in [1.807, 2.05) is 47.6 Å². The Bertz CT molecular complexity index is 915. The van der Waals surface area contributed by atoms with E-state index in [4.69, 9.17) is 0 Å². The quantitative estimate of drug-likeness (QED) is 0.710.